The minimum Gasteiger partial charge on any atom is -0.507 e. The molecular formula is C18H18O4. The lowest BCUT2D eigenvalue weighted by molar-refractivity contribution is 0.0899. The van der Waals surface area contributed by atoms with Gasteiger partial charge in [0.05, 0.1) is 17.0 Å². The number of ketones is 2. The number of benzene rings is 1. The zero-order chi connectivity index (χ0) is 16.4. The van der Waals surface area contributed by atoms with E-state index in [0.717, 1.165) is 5.57 Å². The molecule has 0 aromatic heterocycles. The third-order valence-electron chi connectivity index (χ3n) is 3.56. The highest BCUT2D eigenvalue weighted by Crippen LogP contribution is 2.40. The quantitative estimate of drug-likeness (QED) is 0.718. The van der Waals surface area contributed by atoms with E-state index in [2.05, 4.69) is 0 Å². The van der Waals surface area contributed by atoms with Gasteiger partial charge in [0, 0.05) is 5.57 Å². The lowest BCUT2D eigenvalue weighted by Gasteiger charge is -2.24. The lowest BCUT2D eigenvalue weighted by Crippen LogP contribution is -2.28. The van der Waals surface area contributed by atoms with E-state index < -0.39 is 11.7 Å². The van der Waals surface area contributed by atoms with E-state index in [4.69, 9.17) is 0 Å². The van der Waals surface area contributed by atoms with Crippen molar-refractivity contribution in [1.82, 2.24) is 0 Å². The zero-order valence-corrected chi connectivity index (χ0v) is 12.8. The molecule has 1 atom stereocenters. The van der Waals surface area contributed by atoms with Gasteiger partial charge in [0.1, 0.15) is 11.5 Å². The number of rotatable bonds is 0. The Hall–Kier alpha value is -2.62. The molecule has 4 heteroatoms. The van der Waals surface area contributed by atoms with Crippen molar-refractivity contribution in [3.05, 3.63) is 58.7 Å². The predicted molar refractivity (Wildman–Crippen MR) is 84.3 cm³/mol. The molecule has 0 saturated heterocycles. The predicted octanol–water partition coefficient (Wildman–Crippen LogP) is 3.56. The van der Waals surface area contributed by atoms with Gasteiger partial charge in [0.25, 0.3) is 0 Å². The molecule has 2 aliphatic carbocycles. The van der Waals surface area contributed by atoms with Gasteiger partial charge >= 0.3 is 0 Å². The molecule has 1 aromatic carbocycles. The topological polar surface area (TPSA) is 74.6 Å². The van der Waals surface area contributed by atoms with Gasteiger partial charge in [-0.15, -0.1) is 0 Å². The van der Waals surface area contributed by atoms with E-state index in [1.807, 2.05) is 20.8 Å². The van der Waals surface area contributed by atoms with Crippen LogP contribution in [-0.4, -0.2) is 21.8 Å². The Morgan fingerprint density at radius 2 is 1.59 bits per heavy atom. The number of allylic oxidation sites excluding steroid dienone is 6. The summed E-state index contributed by atoms with van der Waals surface area (Å²) in [7, 11) is 0. The van der Waals surface area contributed by atoms with Crippen molar-refractivity contribution in [3.8, 4) is 11.5 Å². The highest BCUT2D eigenvalue weighted by atomic mass is 16.3. The second-order valence-corrected chi connectivity index (χ2v) is 4.92. The molecule has 2 aliphatic rings. The van der Waals surface area contributed by atoms with Gasteiger partial charge in [-0.1, -0.05) is 43.7 Å². The molecule has 0 aliphatic heterocycles. The molecule has 0 saturated carbocycles. The average Bonchev–Trinajstić information content (AvgIpc) is 2.71. The third-order valence-corrected chi connectivity index (χ3v) is 3.56. The highest BCUT2D eigenvalue weighted by molar-refractivity contribution is 6.26. The molecule has 3 rings (SSSR count). The van der Waals surface area contributed by atoms with Crippen LogP contribution in [0.1, 0.15) is 41.5 Å². The van der Waals surface area contributed by atoms with Crippen molar-refractivity contribution in [3.63, 3.8) is 0 Å². The molecule has 1 aromatic rings. The van der Waals surface area contributed by atoms with Crippen LogP contribution in [0.5, 0.6) is 11.5 Å². The molecule has 4 nitrogen and oxygen atoms in total. The summed E-state index contributed by atoms with van der Waals surface area (Å²) in [5.74, 6) is -2.07. The van der Waals surface area contributed by atoms with Crippen LogP contribution in [-0.2, 0) is 0 Å². The number of Topliss-reactive ketones (excluding diaryl/α,β-unsaturated/α-hetero) is 2. The van der Waals surface area contributed by atoms with Gasteiger partial charge in [-0.25, -0.2) is 0 Å². The fourth-order valence-electron chi connectivity index (χ4n) is 2.60. The summed E-state index contributed by atoms with van der Waals surface area (Å²) in [6.45, 7) is 5.83. The minimum absolute atomic E-state index is 0.0960. The van der Waals surface area contributed by atoms with Crippen LogP contribution in [0, 0.1) is 5.92 Å². The second kappa shape index (κ2) is 6.02. The fraction of sp³-hybridized carbons (Fsp3) is 0.222. The van der Waals surface area contributed by atoms with Crippen molar-refractivity contribution in [2.24, 2.45) is 5.92 Å². The maximum atomic E-state index is 12.5. The molecular weight excluding hydrogens is 280 g/mol. The van der Waals surface area contributed by atoms with E-state index in [9.17, 15) is 19.8 Å². The standard InChI is InChI=1S/C16H12O4.C2H6/c1-8-3-2-4-9-10(7-8)16(20)14-12(18)6-5-11(17)13(14)15(9)19;1-2/h2-7,9,17-18H,1H3;1-2H3. The van der Waals surface area contributed by atoms with Gasteiger partial charge < -0.3 is 10.2 Å². The number of carbonyl (C=O) groups excluding carboxylic acids is 2. The van der Waals surface area contributed by atoms with E-state index in [-0.39, 0.29) is 28.4 Å². The largest absolute Gasteiger partial charge is 0.507 e. The number of fused-ring (bicyclic) bond motifs is 2. The number of hydrogen-bond acceptors (Lipinski definition) is 4. The molecule has 0 amide bonds. The Morgan fingerprint density at radius 1 is 1.00 bits per heavy atom. The van der Waals surface area contributed by atoms with Crippen LogP contribution >= 0.6 is 0 Å². The van der Waals surface area contributed by atoms with E-state index >= 15 is 0 Å². The molecule has 114 valence electrons. The first-order valence-corrected chi connectivity index (χ1v) is 7.21. The second-order valence-electron chi connectivity index (χ2n) is 4.92. The van der Waals surface area contributed by atoms with Crippen molar-refractivity contribution in [1.29, 1.82) is 0 Å². The van der Waals surface area contributed by atoms with E-state index in [1.54, 1.807) is 24.3 Å². The normalized spacial score (nSPS) is 19.1. The van der Waals surface area contributed by atoms with Crippen LogP contribution in [0.4, 0.5) is 0 Å². The van der Waals surface area contributed by atoms with Crippen molar-refractivity contribution >= 4 is 11.6 Å². The van der Waals surface area contributed by atoms with Crippen LogP contribution in [0.15, 0.2) is 47.6 Å². The molecule has 2 N–H and O–H groups in total. The maximum absolute atomic E-state index is 12.5. The molecule has 0 radical (unpaired) electrons. The Kier molecular flexibility index (Phi) is 4.31. The summed E-state index contributed by atoms with van der Waals surface area (Å²) in [4.78, 5) is 25.0. The van der Waals surface area contributed by atoms with Gasteiger partial charge in [-0.3, -0.25) is 9.59 Å². The Morgan fingerprint density at radius 3 is 2.23 bits per heavy atom. The number of aromatic hydroxyl groups is 2. The van der Waals surface area contributed by atoms with Crippen LogP contribution < -0.4 is 0 Å². The molecule has 0 fully saturated rings. The third kappa shape index (κ3) is 2.37. The Labute approximate surface area is 129 Å². The van der Waals surface area contributed by atoms with E-state index in [0.29, 0.717) is 5.57 Å². The molecule has 0 bridgehead atoms. The molecule has 1 unspecified atom stereocenters. The maximum Gasteiger partial charge on any atom is 0.194 e. The Bertz CT molecular complexity index is 736. The van der Waals surface area contributed by atoms with Crippen molar-refractivity contribution in [2.45, 2.75) is 20.8 Å². The van der Waals surface area contributed by atoms with Crippen molar-refractivity contribution in [2.75, 3.05) is 0 Å². The van der Waals surface area contributed by atoms with Crippen LogP contribution in [0.3, 0.4) is 0 Å². The first kappa shape index (κ1) is 15.8. The average molecular weight is 298 g/mol. The number of hydrogen-bond donors (Lipinski definition) is 2. The summed E-state index contributed by atoms with van der Waals surface area (Å²) in [6, 6.07) is 2.44. The zero-order valence-electron chi connectivity index (χ0n) is 12.8. The molecule has 0 heterocycles. The fourth-order valence-corrected chi connectivity index (χ4v) is 2.60. The summed E-state index contributed by atoms with van der Waals surface area (Å²) in [5.41, 5.74) is 0.968. The summed E-state index contributed by atoms with van der Waals surface area (Å²) >= 11 is 0. The SMILES string of the molecule is CC.CC1=CC=CC2C(=O)c3c(O)ccc(O)c3C(=O)C2=C1. The number of carbonyl (C=O) groups is 2. The van der Waals surface area contributed by atoms with Gasteiger partial charge in [0.15, 0.2) is 11.6 Å². The lowest BCUT2D eigenvalue weighted by atomic mass is 9.77. The van der Waals surface area contributed by atoms with Gasteiger partial charge in [-0.05, 0) is 19.1 Å². The minimum atomic E-state index is -0.712. The van der Waals surface area contributed by atoms with Gasteiger partial charge in [-0.2, -0.15) is 0 Å². The monoisotopic (exact) mass is 298 g/mol. The summed E-state index contributed by atoms with van der Waals surface area (Å²) < 4.78 is 0. The first-order valence-electron chi connectivity index (χ1n) is 7.21. The Balaban J connectivity index is 0.000000847. The molecule has 22 heavy (non-hydrogen) atoms. The summed E-state index contributed by atoms with van der Waals surface area (Å²) in [6.07, 6.45) is 6.81. The molecule has 0 spiro atoms. The van der Waals surface area contributed by atoms with Gasteiger partial charge in [0.2, 0.25) is 0 Å². The van der Waals surface area contributed by atoms with Crippen LogP contribution in [0.2, 0.25) is 0 Å². The first-order chi connectivity index (χ1) is 10.5. The number of phenolic OH excluding ortho intramolecular Hbond substituents is 2. The van der Waals surface area contributed by atoms with Crippen LogP contribution in [0.25, 0.3) is 0 Å². The highest BCUT2D eigenvalue weighted by Gasteiger charge is 2.39. The van der Waals surface area contributed by atoms with Crippen molar-refractivity contribution < 1.29 is 19.8 Å². The summed E-state index contributed by atoms with van der Waals surface area (Å²) in [5, 5.41) is 19.7. The smallest absolute Gasteiger partial charge is 0.194 e. The number of phenols is 2. The van der Waals surface area contributed by atoms with E-state index in [1.165, 1.54) is 12.1 Å².